The normalized spacial score (nSPS) is 10.4. The average Bonchev–Trinajstić information content (AvgIpc) is 2.63. The van der Waals surface area contributed by atoms with Crippen molar-refractivity contribution in [2.45, 2.75) is 6.54 Å². The lowest BCUT2D eigenvalue weighted by molar-refractivity contribution is 0.103. The van der Waals surface area contributed by atoms with E-state index >= 15 is 0 Å². The van der Waals surface area contributed by atoms with Gasteiger partial charge in [-0.15, -0.1) is 0 Å². The van der Waals surface area contributed by atoms with Gasteiger partial charge in [-0.3, -0.25) is 4.79 Å². The molecule has 0 aliphatic rings. The maximum absolute atomic E-state index is 12.5. The Bertz CT molecular complexity index is 845. The van der Waals surface area contributed by atoms with Crippen LogP contribution < -0.4 is 5.32 Å². The van der Waals surface area contributed by atoms with Gasteiger partial charge in [0.2, 0.25) is 0 Å². The zero-order valence-electron chi connectivity index (χ0n) is 12.8. The van der Waals surface area contributed by atoms with Gasteiger partial charge in [-0.25, -0.2) is 0 Å². The van der Waals surface area contributed by atoms with Gasteiger partial charge in [-0.2, -0.15) is 0 Å². The summed E-state index contributed by atoms with van der Waals surface area (Å²) in [6.45, 7) is 0.730. The summed E-state index contributed by atoms with van der Waals surface area (Å²) in [6.07, 6.45) is 0. The van der Waals surface area contributed by atoms with E-state index in [1.54, 1.807) is 30.3 Å². The zero-order valence-corrected chi connectivity index (χ0v) is 14.3. The highest BCUT2D eigenvalue weighted by Gasteiger charge is 2.13. The molecule has 0 heterocycles. The first-order valence-electron chi connectivity index (χ1n) is 7.51. The maximum Gasteiger partial charge on any atom is 0.194 e. The number of benzene rings is 3. The minimum Gasteiger partial charge on any atom is -0.381 e. The summed E-state index contributed by atoms with van der Waals surface area (Å²) < 4.78 is 0. The number of carbonyl (C=O) groups excluding carboxylic acids is 1. The van der Waals surface area contributed by atoms with Crippen LogP contribution in [0.3, 0.4) is 0 Å². The number of nitrogens with one attached hydrogen (secondary N) is 1. The molecule has 3 aromatic rings. The van der Waals surface area contributed by atoms with E-state index < -0.39 is 0 Å². The smallest absolute Gasteiger partial charge is 0.194 e. The zero-order chi connectivity index (χ0) is 16.9. The fourth-order valence-corrected chi connectivity index (χ4v) is 2.74. The third kappa shape index (κ3) is 3.97. The summed E-state index contributed by atoms with van der Waals surface area (Å²) in [4.78, 5) is 12.5. The molecule has 0 radical (unpaired) electrons. The fourth-order valence-electron chi connectivity index (χ4n) is 2.37. The Balaban J connectivity index is 1.72. The first-order chi connectivity index (χ1) is 11.6. The van der Waals surface area contributed by atoms with E-state index in [0.717, 1.165) is 12.2 Å². The van der Waals surface area contributed by atoms with Gasteiger partial charge in [-0.05, 0) is 48.0 Å². The van der Waals surface area contributed by atoms with Crippen molar-refractivity contribution in [3.63, 3.8) is 0 Å². The first kappa shape index (κ1) is 16.6. The lowest BCUT2D eigenvalue weighted by Gasteiger charge is -2.08. The van der Waals surface area contributed by atoms with Crippen molar-refractivity contribution in [2.24, 2.45) is 0 Å². The summed E-state index contributed by atoms with van der Waals surface area (Å²) in [5, 5.41) is 4.22. The van der Waals surface area contributed by atoms with Crippen molar-refractivity contribution in [3.05, 3.63) is 99.5 Å². The van der Waals surface area contributed by atoms with Crippen LogP contribution in [0.4, 0.5) is 5.69 Å². The second-order valence-electron chi connectivity index (χ2n) is 5.37. The van der Waals surface area contributed by atoms with Crippen molar-refractivity contribution < 1.29 is 4.79 Å². The molecule has 0 atom stereocenters. The van der Waals surface area contributed by atoms with Gasteiger partial charge in [0.05, 0.1) is 5.02 Å². The summed E-state index contributed by atoms with van der Waals surface area (Å²) in [7, 11) is 0. The van der Waals surface area contributed by atoms with E-state index in [1.807, 2.05) is 30.3 Å². The Morgan fingerprint density at radius 2 is 1.58 bits per heavy atom. The third-order valence-corrected chi connectivity index (χ3v) is 4.22. The Morgan fingerprint density at radius 1 is 0.875 bits per heavy atom. The largest absolute Gasteiger partial charge is 0.381 e. The molecule has 3 aromatic carbocycles. The van der Waals surface area contributed by atoms with Gasteiger partial charge in [0.15, 0.2) is 5.78 Å². The second kappa shape index (κ2) is 7.52. The van der Waals surface area contributed by atoms with Crippen molar-refractivity contribution in [1.29, 1.82) is 0 Å². The highest BCUT2D eigenvalue weighted by atomic mass is 35.5. The molecule has 4 heteroatoms. The monoisotopic (exact) mass is 355 g/mol. The van der Waals surface area contributed by atoms with Gasteiger partial charge in [-0.1, -0.05) is 53.5 Å². The van der Waals surface area contributed by atoms with Crippen LogP contribution in [0.5, 0.6) is 0 Å². The quantitative estimate of drug-likeness (QED) is 0.582. The van der Waals surface area contributed by atoms with E-state index in [2.05, 4.69) is 17.4 Å². The van der Waals surface area contributed by atoms with Crippen LogP contribution in [-0.2, 0) is 6.54 Å². The molecule has 2 nitrogen and oxygen atoms in total. The van der Waals surface area contributed by atoms with Crippen LogP contribution in [-0.4, -0.2) is 5.78 Å². The standard InChI is InChI=1S/C20H15Cl2NO/c21-16-8-11-19(22)18(12-16)20(24)15-6-9-17(10-7-15)23-13-14-4-2-1-3-5-14/h1-12,23H,13H2. The number of anilines is 1. The molecule has 0 aliphatic carbocycles. The van der Waals surface area contributed by atoms with Crippen LogP contribution in [0.15, 0.2) is 72.8 Å². The summed E-state index contributed by atoms with van der Waals surface area (Å²) in [6, 6.07) is 22.4. The second-order valence-corrected chi connectivity index (χ2v) is 6.21. The van der Waals surface area contributed by atoms with Crippen molar-refractivity contribution in [2.75, 3.05) is 5.32 Å². The van der Waals surface area contributed by atoms with Crippen LogP contribution in [0.1, 0.15) is 21.5 Å². The molecule has 0 spiro atoms. The number of hydrogen-bond donors (Lipinski definition) is 1. The first-order valence-corrected chi connectivity index (χ1v) is 8.27. The molecule has 0 aromatic heterocycles. The summed E-state index contributed by atoms with van der Waals surface area (Å²) >= 11 is 12.1. The van der Waals surface area contributed by atoms with E-state index in [4.69, 9.17) is 23.2 Å². The molecule has 120 valence electrons. The van der Waals surface area contributed by atoms with Crippen molar-refractivity contribution >= 4 is 34.7 Å². The van der Waals surface area contributed by atoms with Gasteiger partial charge < -0.3 is 5.32 Å². The van der Waals surface area contributed by atoms with E-state index in [1.165, 1.54) is 5.56 Å². The number of rotatable bonds is 5. The van der Waals surface area contributed by atoms with Gasteiger partial charge >= 0.3 is 0 Å². The Morgan fingerprint density at radius 3 is 2.29 bits per heavy atom. The average molecular weight is 356 g/mol. The SMILES string of the molecule is O=C(c1ccc(NCc2ccccc2)cc1)c1cc(Cl)ccc1Cl. The van der Waals surface area contributed by atoms with E-state index in [9.17, 15) is 4.79 Å². The minimum absolute atomic E-state index is 0.142. The van der Waals surface area contributed by atoms with E-state index in [0.29, 0.717) is 21.2 Å². The molecule has 0 fully saturated rings. The Kier molecular flexibility index (Phi) is 5.19. The van der Waals surface area contributed by atoms with Gasteiger partial charge in [0, 0.05) is 28.4 Å². The predicted molar refractivity (Wildman–Crippen MR) is 100 cm³/mol. The topological polar surface area (TPSA) is 29.1 Å². The number of ketones is 1. The Hall–Kier alpha value is -2.29. The predicted octanol–water partition coefficient (Wildman–Crippen LogP) is 5.84. The molecule has 24 heavy (non-hydrogen) atoms. The minimum atomic E-state index is -0.142. The van der Waals surface area contributed by atoms with Crippen LogP contribution in [0.2, 0.25) is 10.0 Å². The number of halogens is 2. The highest BCUT2D eigenvalue weighted by Crippen LogP contribution is 2.24. The van der Waals surface area contributed by atoms with E-state index in [-0.39, 0.29) is 5.78 Å². The lowest BCUT2D eigenvalue weighted by atomic mass is 10.0. The third-order valence-electron chi connectivity index (χ3n) is 3.66. The highest BCUT2D eigenvalue weighted by molar-refractivity contribution is 6.36. The molecule has 0 aliphatic heterocycles. The van der Waals surface area contributed by atoms with Gasteiger partial charge in [0.1, 0.15) is 0 Å². The number of hydrogen-bond acceptors (Lipinski definition) is 2. The fraction of sp³-hybridized carbons (Fsp3) is 0.0500. The molecular weight excluding hydrogens is 341 g/mol. The summed E-state index contributed by atoms with van der Waals surface area (Å²) in [5.41, 5.74) is 3.13. The summed E-state index contributed by atoms with van der Waals surface area (Å²) in [5.74, 6) is -0.142. The molecule has 0 bridgehead atoms. The Labute approximate surface area is 151 Å². The van der Waals surface area contributed by atoms with Gasteiger partial charge in [0.25, 0.3) is 0 Å². The van der Waals surface area contributed by atoms with Crippen LogP contribution in [0.25, 0.3) is 0 Å². The molecule has 0 saturated heterocycles. The molecule has 3 rings (SSSR count). The van der Waals surface area contributed by atoms with Crippen molar-refractivity contribution in [1.82, 2.24) is 0 Å². The molecule has 1 N–H and O–H groups in total. The molecular formula is C20H15Cl2NO. The number of carbonyl (C=O) groups is 1. The van der Waals surface area contributed by atoms with Crippen LogP contribution >= 0.6 is 23.2 Å². The maximum atomic E-state index is 12.5. The lowest BCUT2D eigenvalue weighted by Crippen LogP contribution is -2.03. The molecule has 0 amide bonds. The van der Waals surface area contributed by atoms with Crippen molar-refractivity contribution in [3.8, 4) is 0 Å². The molecule has 0 unspecified atom stereocenters. The van der Waals surface area contributed by atoms with Crippen LogP contribution in [0, 0.1) is 0 Å². The molecule has 0 saturated carbocycles.